The van der Waals surface area contributed by atoms with Gasteiger partial charge in [0.1, 0.15) is 24.7 Å². The first-order valence-electron chi connectivity index (χ1n) is 19.0. The molecule has 1 aromatic rings. The number of carbonyl (C=O) groups is 3. The minimum absolute atomic E-state index is 0.0510. The lowest BCUT2D eigenvalue weighted by atomic mass is 9.92. The topological polar surface area (TPSA) is 82.5 Å². The first-order chi connectivity index (χ1) is 22.8. The molecular weight excluding hydrogens is 588 g/mol. The molecule has 2 heterocycles. The normalized spacial score (nSPS) is 25.9. The summed E-state index contributed by atoms with van der Waals surface area (Å²) in [6, 6.07) is 8.18. The van der Waals surface area contributed by atoms with Crippen molar-refractivity contribution in [2.24, 2.45) is 10.9 Å². The van der Waals surface area contributed by atoms with Crippen LogP contribution < -0.4 is 0 Å². The highest BCUT2D eigenvalue weighted by Crippen LogP contribution is 2.38. The Bertz CT molecular complexity index is 1180. The molecule has 0 bridgehead atoms. The first-order valence-corrected chi connectivity index (χ1v) is 19.0. The van der Waals surface area contributed by atoms with Crippen LogP contribution in [-0.4, -0.2) is 74.7 Å². The van der Waals surface area contributed by atoms with Gasteiger partial charge < -0.3 is 14.5 Å². The average molecular weight is 651 g/mol. The minimum atomic E-state index is -0.638. The third kappa shape index (κ3) is 8.58. The lowest BCUT2D eigenvalue weighted by Gasteiger charge is -2.38. The van der Waals surface area contributed by atoms with Gasteiger partial charge in [0.05, 0.1) is 6.04 Å². The van der Waals surface area contributed by atoms with Gasteiger partial charge in [-0.2, -0.15) is 0 Å². The zero-order chi connectivity index (χ0) is 33.9. The van der Waals surface area contributed by atoms with E-state index in [-0.39, 0.29) is 48.4 Å². The standard InChI is InChI=1S/C39H62N4O4/c1-7-12-23-31(10-4)40-39-41(34(20-9-3)37(45)42(39)32-24-17-14-18-25-32)28(6)36(44)43-33(11-5)30(19-8-2)26-35(43)38(46)47-27-29-21-15-13-16-22-29/h13,15-16,21-22,28,30-35H,7-12,14,17-20,23-27H2,1-6H3/t28-,30?,31?,33-,34?,35-/m0/s1. The molecule has 3 fully saturated rings. The number of benzene rings is 1. The van der Waals surface area contributed by atoms with Gasteiger partial charge in [-0.1, -0.05) is 110 Å². The number of esters is 1. The lowest BCUT2D eigenvalue weighted by molar-refractivity contribution is -0.157. The van der Waals surface area contributed by atoms with Crippen LogP contribution in [0.3, 0.4) is 0 Å². The maximum atomic E-state index is 14.9. The Morgan fingerprint density at radius 2 is 1.66 bits per heavy atom. The summed E-state index contributed by atoms with van der Waals surface area (Å²) >= 11 is 0. The maximum Gasteiger partial charge on any atom is 0.329 e. The molecule has 8 nitrogen and oxygen atoms in total. The van der Waals surface area contributed by atoms with Crippen molar-refractivity contribution in [3.8, 4) is 0 Å². The fraction of sp³-hybridized carbons (Fsp3) is 0.744. The van der Waals surface area contributed by atoms with Gasteiger partial charge in [-0.05, 0) is 69.8 Å². The Labute approximate surface area is 284 Å². The van der Waals surface area contributed by atoms with Crippen molar-refractivity contribution in [1.82, 2.24) is 14.7 Å². The SMILES string of the molecule is CCCCC(CC)N=C1N(C2CCCCC2)C(=O)C(CCC)N1[C@@H](C)C(=O)N1[C@H](C(=O)OCc2ccccc2)CC(CCC)[C@@H]1CC. The number of unbranched alkanes of at least 4 members (excludes halogenated alkanes) is 1. The molecule has 6 atom stereocenters. The lowest BCUT2D eigenvalue weighted by Crippen LogP contribution is -2.56. The maximum absolute atomic E-state index is 14.9. The first kappa shape index (κ1) is 36.9. The second-order valence-corrected chi connectivity index (χ2v) is 14.1. The average Bonchev–Trinajstić information content (AvgIpc) is 3.59. The van der Waals surface area contributed by atoms with E-state index in [4.69, 9.17) is 9.73 Å². The highest BCUT2D eigenvalue weighted by molar-refractivity contribution is 6.08. The zero-order valence-electron chi connectivity index (χ0n) is 30.2. The molecule has 262 valence electrons. The largest absolute Gasteiger partial charge is 0.459 e. The Morgan fingerprint density at radius 3 is 2.28 bits per heavy atom. The van der Waals surface area contributed by atoms with Crippen LogP contribution in [0.1, 0.15) is 143 Å². The number of hydrogen-bond acceptors (Lipinski definition) is 5. The van der Waals surface area contributed by atoms with Gasteiger partial charge in [0.15, 0.2) is 0 Å². The predicted octanol–water partition coefficient (Wildman–Crippen LogP) is 7.88. The highest BCUT2D eigenvalue weighted by Gasteiger charge is 2.53. The van der Waals surface area contributed by atoms with Crippen LogP contribution in [-0.2, 0) is 25.7 Å². The van der Waals surface area contributed by atoms with Crippen LogP contribution in [0.5, 0.6) is 0 Å². The number of likely N-dealkylation sites (tertiary alicyclic amines) is 1. The summed E-state index contributed by atoms with van der Waals surface area (Å²) in [6.07, 6.45) is 14.2. The van der Waals surface area contributed by atoms with Crippen molar-refractivity contribution in [3.63, 3.8) is 0 Å². The quantitative estimate of drug-likeness (QED) is 0.170. The number of carbonyl (C=O) groups excluding carboxylic acids is 3. The van der Waals surface area contributed by atoms with E-state index >= 15 is 0 Å². The van der Waals surface area contributed by atoms with Gasteiger partial charge >= 0.3 is 5.97 Å². The molecule has 2 amide bonds. The number of rotatable bonds is 16. The molecule has 2 saturated heterocycles. The number of amides is 2. The van der Waals surface area contributed by atoms with Crippen LogP contribution in [0.4, 0.5) is 0 Å². The summed E-state index contributed by atoms with van der Waals surface area (Å²) in [7, 11) is 0. The molecule has 0 aromatic heterocycles. The van der Waals surface area contributed by atoms with Crippen molar-refractivity contribution in [1.29, 1.82) is 0 Å². The summed E-state index contributed by atoms with van der Waals surface area (Å²) in [6.45, 7) is 12.9. The van der Waals surface area contributed by atoms with Crippen LogP contribution in [0.25, 0.3) is 0 Å². The predicted molar refractivity (Wildman–Crippen MR) is 189 cm³/mol. The van der Waals surface area contributed by atoms with Crippen LogP contribution in [0.2, 0.25) is 0 Å². The molecule has 1 aliphatic carbocycles. The highest BCUT2D eigenvalue weighted by atomic mass is 16.5. The third-order valence-electron chi connectivity index (χ3n) is 10.8. The van der Waals surface area contributed by atoms with Crippen LogP contribution in [0.15, 0.2) is 35.3 Å². The Kier molecular flexibility index (Phi) is 14.2. The summed E-state index contributed by atoms with van der Waals surface area (Å²) in [5.41, 5.74) is 0.928. The van der Waals surface area contributed by atoms with Crippen molar-refractivity contribution in [2.45, 2.75) is 181 Å². The third-order valence-corrected chi connectivity index (χ3v) is 10.8. The van der Waals surface area contributed by atoms with E-state index in [0.717, 1.165) is 82.6 Å². The van der Waals surface area contributed by atoms with Crippen molar-refractivity contribution in [2.75, 3.05) is 0 Å². The second kappa shape index (κ2) is 18.0. The number of aliphatic imine (C=N–C) groups is 1. The molecule has 3 unspecified atom stereocenters. The smallest absolute Gasteiger partial charge is 0.329 e. The van der Waals surface area contributed by atoms with E-state index in [0.29, 0.717) is 18.8 Å². The second-order valence-electron chi connectivity index (χ2n) is 14.1. The Morgan fingerprint density at radius 1 is 0.957 bits per heavy atom. The van der Waals surface area contributed by atoms with Gasteiger partial charge in [0, 0.05) is 12.1 Å². The molecule has 8 heteroatoms. The van der Waals surface area contributed by atoms with E-state index in [2.05, 4.69) is 39.5 Å². The van der Waals surface area contributed by atoms with Gasteiger partial charge in [-0.3, -0.25) is 14.5 Å². The Hall–Kier alpha value is -2.90. The van der Waals surface area contributed by atoms with Gasteiger partial charge in [0.25, 0.3) is 5.91 Å². The molecule has 3 aliphatic rings. The van der Waals surface area contributed by atoms with Crippen molar-refractivity contribution in [3.05, 3.63) is 35.9 Å². The minimum Gasteiger partial charge on any atom is -0.459 e. The zero-order valence-corrected chi connectivity index (χ0v) is 30.2. The molecule has 0 spiro atoms. The molecule has 0 radical (unpaired) electrons. The van der Waals surface area contributed by atoms with E-state index in [1.165, 1.54) is 6.42 Å². The van der Waals surface area contributed by atoms with Gasteiger partial charge in [-0.15, -0.1) is 0 Å². The molecule has 1 saturated carbocycles. The van der Waals surface area contributed by atoms with Crippen LogP contribution in [0, 0.1) is 5.92 Å². The summed E-state index contributed by atoms with van der Waals surface area (Å²) < 4.78 is 5.88. The summed E-state index contributed by atoms with van der Waals surface area (Å²) in [5, 5.41) is 0. The molecule has 4 rings (SSSR count). The number of hydrogen-bond donors (Lipinski definition) is 0. The van der Waals surface area contributed by atoms with E-state index < -0.39 is 18.1 Å². The Balaban J connectivity index is 1.71. The number of guanidine groups is 1. The molecular formula is C39H62N4O4. The fourth-order valence-corrected chi connectivity index (χ4v) is 8.31. The van der Waals surface area contributed by atoms with Crippen LogP contribution >= 0.6 is 0 Å². The van der Waals surface area contributed by atoms with E-state index in [1.807, 2.05) is 47.1 Å². The number of nitrogens with zero attached hydrogens (tertiary/aromatic N) is 4. The number of ether oxygens (including phenoxy) is 1. The fourth-order valence-electron chi connectivity index (χ4n) is 8.31. The van der Waals surface area contributed by atoms with Gasteiger partial charge in [0.2, 0.25) is 11.9 Å². The molecule has 47 heavy (non-hydrogen) atoms. The van der Waals surface area contributed by atoms with Crippen molar-refractivity contribution >= 4 is 23.7 Å². The molecule has 1 aromatic carbocycles. The van der Waals surface area contributed by atoms with E-state index in [1.54, 1.807) is 0 Å². The molecule has 2 aliphatic heterocycles. The summed E-state index contributed by atoms with van der Waals surface area (Å²) in [4.78, 5) is 54.5. The monoisotopic (exact) mass is 650 g/mol. The van der Waals surface area contributed by atoms with E-state index in [9.17, 15) is 14.4 Å². The summed E-state index contributed by atoms with van der Waals surface area (Å²) in [5.74, 6) is 0.596. The van der Waals surface area contributed by atoms with Crippen molar-refractivity contribution < 1.29 is 19.1 Å². The van der Waals surface area contributed by atoms with Gasteiger partial charge in [-0.25, -0.2) is 9.79 Å². The molecule has 0 N–H and O–H groups in total.